The molecule has 1 aliphatic carbocycles. The molecule has 0 aromatic rings. The summed E-state index contributed by atoms with van der Waals surface area (Å²) in [6, 6.07) is 0. The summed E-state index contributed by atoms with van der Waals surface area (Å²) in [4.78, 5) is 11.6. The van der Waals surface area contributed by atoms with Crippen LogP contribution in [0.5, 0.6) is 0 Å². The van der Waals surface area contributed by atoms with Crippen molar-refractivity contribution in [2.45, 2.75) is 34.1 Å². The van der Waals surface area contributed by atoms with E-state index >= 15 is 0 Å². The van der Waals surface area contributed by atoms with Gasteiger partial charge in [-0.2, -0.15) is 0 Å². The summed E-state index contributed by atoms with van der Waals surface area (Å²) in [5, 5.41) is 0. The Bertz CT molecular complexity index is 213. The van der Waals surface area contributed by atoms with Crippen molar-refractivity contribution in [3.63, 3.8) is 0 Å². The Hall–Kier alpha value is -0.590. The van der Waals surface area contributed by atoms with Crippen molar-refractivity contribution in [3.8, 4) is 0 Å². The van der Waals surface area contributed by atoms with Crippen LogP contribution in [0.15, 0.2) is 11.6 Å². The third-order valence-corrected chi connectivity index (χ3v) is 3.00. The standard InChI is InChI=1S/C11H18O/c1-7(2)10-6-5-8(3)11(12)9(10)4/h5,7,9-10H,6H2,1-4H3/t9?,10-/m1/s1. The molecule has 1 nitrogen and oxygen atoms in total. The summed E-state index contributed by atoms with van der Waals surface area (Å²) >= 11 is 0. The molecule has 0 saturated heterocycles. The first-order chi connectivity index (χ1) is 5.54. The largest absolute Gasteiger partial charge is 0.294 e. The minimum Gasteiger partial charge on any atom is -0.294 e. The Kier molecular flexibility index (Phi) is 2.71. The van der Waals surface area contributed by atoms with Gasteiger partial charge in [-0.15, -0.1) is 0 Å². The second kappa shape index (κ2) is 3.42. The van der Waals surface area contributed by atoms with Crippen LogP contribution in [0.4, 0.5) is 0 Å². The summed E-state index contributed by atoms with van der Waals surface area (Å²) in [7, 11) is 0. The van der Waals surface area contributed by atoms with Crippen LogP contribution >= 0.6 is 0 Å². The van der Waals surface area contributed by atoms with Crippen molar-refractivity contribution in [3.05, 3.63) is 11.6 Å². The zero-order valence-corrected chi connectivity index (χ0v) is 8.42. The Morgan fingerprint density at radius 2 is 2.08 bits per heavy atom. The third kappa shape index (κ3) is 1.60. The molecule has 0 fully saturated rings. The van der Waals surface area contributed by atoms with E-state index in [0.29, 0.717) is 17.6 Å². The fraction of sp³-hybridized carbons (Fsp3) is 0.727. The average Bonchev–Trinajstić information content (AvgIpc) is 2.00. The molecular formula is C11H18O. The fourth-order valence-electron chi connectivity index (χ4n) is 2.02. The van der Waals surface area contributed by atoms with Crippen LogP contribution in [0, 0.1) is 17.8 Å². The smallest absolute Gasteiger partial charge is 0.161 e. The van der Waals surface area contributed by atoms with E-state index in [0.717, 1.165) is 12.0 Å². The second-order valence-electron chi connectivity index (χ2n) is 4.18. The van der Waals surface area contributed by atoms with E-state index in [-0.39, 0.29) is 5.92 Å². The highest BCUT2D eigenvalue weighted by molar-refractivity contribution is 5.97. The van der Waals surface area contributed by atoms with E-state index in [2.05, 4.69) is 26.8 Å². The number of hydrogen-bond acceptors (Lipinski definition) is 1. The Morgan fingerprint density at radius 1 is 1.50 bits per heavy atom. The molecule has 0 amide bonds. The first-order valence-corrected chi connectivity index (χ1v) is 4.75. The summed E-state index contributed by atoms with van der Waals surface area (Å²) in [6.07, 6.45) is 3.17. The SMILES string of the molecule is CC1=CC[C@H](C(C)C)C(C)C1=O. The summed E-state index contributed by atoms with van der Waals surface area (Å²) in [5.74, 6) is 1.75. The molecule has 0 aromatic heterocycles. The summed E-state index contributed by atoms with van der Waals surface area (Å²) in [5.41, 5.74) is 0.958. The molecule has 1 unspecified atom stereocenters. The van der Waals surface area contributed by atoms with Gasteiger partial charge < -0.3 is 0 Å². The minimum absolute atomic E-state index is 0.231. The predicted molar refractivity (Wildman–Crippen MR) is 50.9 cm³/mol. The van der Waals surface area contributed by atoms with Gasteiger partial charge in [0, 0.05) is 5.92 Å². The van der Waals surface area contributed by atoms with Crippen LogP contribution in [0.2, 0.25) is 0 Å². The van der Waals surface area contributed by atoms with Crippen molar-refractivity contribution in [1.29, 1.82) is 0 Å². The molecule has 2 atom stereocenters. The van der Waals surface area contributed by atoms with Crippen molar-refractivity contribution < 1.29 is 4.79 Å². The van der Waals surface area contributed by atoms with Gasteiger partial charge in [0.05, 0.1) is 0 Å². The number of ketones is 1. The topological polar surface area (TPSA) is 17.1 Å². The number of allylic oxidation sites excluding steroid dienone is 2. The van der Waals surface area contributed by atoms with Gasteiger partial charge in [-0.1, -0.05) is 26.8 Å². The van der Waals surface area contributed by atoms with E-state index in [9.17, 15) is 4.79 Å². The fourth-order valence-corrected chi connectivity index (χ4v) is 2.02. The van der Waals surface area contributed by atoms with Crippen LogP contribution in [-0.4, -0.2) is 5.78 Å². The lowest BCUT2D eigenvalue weighted by molar-refractivity contribution is -0.121. The minimum atomic E-state index is 0.231. The molecule has 1 rings (SSSR count). The van der Waals surface area contributed by atoms with Crippen LogP contribution in [0.25, 0.3) is 0 Å². The first-order valence-electron chi connectivity index (χ1n) is 4.75. The lowest BCUT2D eigenvalue weighted by atomic mass is 9.74. The van der Waals surface area contributed by atoms with Crippen LogP contribution in [0.3, 0.4) is 0 Å². The van der Waals surface area contributed by atoms with Crippen molar-refractivity contribution in [2.75, 3.05) is 0 Å². The maximum atomic E-state index is 11.6. The maximum Gasteiger partial charge on any atom is 0.161 e. The van der Waals surface area contributed by atoms with E-state index in [1.54, 1.807) is 0 Å². The van der Waals surface area contributed by atoms with Crippen molar-refractivity contribution in [1.82, 2.24) is 0 Å². The zero-order valence-electron chi connectivity index (χ0n) is 8.42. The molecule has 0 spiro atoms. The van der Waals surface area contributed by atoms with Crippen LogP contribution in [-0.2, 0) is 4.79 Å². The van der Waals surface area contributed by atoms with E-state index in [1.165, 1.54) is 0 Å². The number of rotatable bonds is 1. The normalized spacial score (nSPS) is 30.8. The molecule has 0 saturated carbocycles. The van der Waals surface area contributed by atoms with E-state index < -0.39 is 0 Å². The van der Waals surface area contributed by atoms with Gasteiger partial charge in [0.25, 0.3) is 0 Å². The van der Waals surface area contributed by atoms with Gasteiger partial charge in [0.2, 0.25) is 0 Å². The highest BCUT2D eigenvalue weighted by Gasteiger charge is 2.29. The molecule has 0 bridgehead atoms. The molecule has 1 heteroatoms. The van der Waals surface area contributed by atoms with E-state index in [4.69, 9.17) is 0 Å². The lowest BCUT2D eigenvalue weighted by Crippen LogP contribution is -2.28. The molecule has 12 heavy (non-hydrogen) atoms. The number of carbonyl (C=O) groups excluding carboxylic acids is 1. The second-order valence-corrected chi connectivity index (χ2v) is 4.18. The highest BCUT2D eigenvalue weighted by Crippen LogP contribution is 2.31. The monoisotopic (exact) mass is 166 g/mol. The van der Waals surface area contributed by atoms with Crippen molar-refractivity contribution >= 4 is 5.78 Å². The number of Topliss-reactive ketones (excluding diaryl/α,β-unsaturated/α-hetero) is 1. The predicted octanol–water partition coefficient (Wildman–Crippen LogP) is 2.81. The molecule has 0 N–H and O–H groups in total. The van der Waals surface area contributed by atoms with Gasteiger partial charge in [0.15, 0.2) is 5.78 Å². The quantitative estimate of drug-likeness (QED) is 0.585. The van der Waals surface area contributed by atoms with Gasteiger partial charge >= 0.3 is 0 Å². The molecule has 0 aliphatic heterocycles. The van der Waals surface area contributed by atoms with Crippen LogP contribution in [0.1, 0.15) is 34.1 Å². The van der Waals surface area contributed by atoms with Gasteiger partial charge in [-0.25, -0.2) is 0 Å². The molecule has 0 heterocycles. The Morgan fingerprint density at radius 3 is 2.58 bits per heavy atom. The van der Waals surface area contributed by atoms with Crippen LogP contribution < -0.4 is 0 Å². The highest BCUT2D eigenvalue weighted by atomic mass is 16.1. The number of hydrogen-bond donors (Lipinski definition) is 0. The first kappa shape index (κ1) is 9.50. The summed E-state index contributed by atoms with van der Waals surface area (Å²) < 4.78 is 0. The zero-order chi connectivity index (χ0) is 9.30. The molecular weight excluding hydrogens is 148 g/mol. The van der Waals surface area contributed by atoms with Gasteiger partial charge in [0.1, 0.15) is 0 Å². The number of carbonyl (C=O) groups is 1. The third-order valence-electron chi connectivity index (χ3n) is 3.00. The lowest BCUT2D eigenvalue weighted by Gasteiger charge is -2.29. The Balaban J connectivity index is 2.80. The average molecular weight is 166 g/mol. The molecule has 1 aliphatic rings. The molecule has 0 radical (unpaired) electrons. The summed E-state index contributed by atoms with van der Waals surface area (Å²) in [6.45, 7) is 8.38. The van der Waals surface area contributed by atoms with E-state index in [1.807, 2.05) is 6.92 Å². The maximum absolute atomic E-state index is 11.6. The molecule has 68 valence electrons. The van der Waals surface area contributed by atoms with Gasteiger partial charge in [-0.05, 0) is 30.8 Å². The molecule has 0 aromatic carbocycles. The Labute approximate surface area is 74.9 Å². The van der Waals surface area contributed by atoms with Gasteiger partial charge in [-0.3, -0.25) is 4.79 Å². The van der Waals surface area contributed by atoms with Crippen molar-refractivity contribution in [2.24, 2.45) is 17.8 Å².